The van der Waals surface area contributed by atoms with Crippen LogP contribution in [0.5, 0.6) is 5.75 Å². The van der Waals surface area contributed by atoms with E-state index in [0.29, 0.717) is 32.6 Å². The number of nitrogens with one attached hydrogen (secondary N) is 2. The lowest BCUT2D eigenvalue weighted by Gasteiger charge is -2.31. The summed E-state index contributed by atoms with van der Waals surface area (Å²) in [5, 5.41) is 2.68. The van der Waals surface area contributed by atoms with E-state index in [9.17, 15) is 19.2 Å². The SMILES string of the molecule is Cc1ccccc1NC(=O)COc1ccc(Br)cc1[C@H]1c2sc(=O)[nH]c2SC2C(=O)N(c3ccc(Br)cc3)C(=O)C21. The number of carbonyl (C=O) groups is 3. The minimum atomic E-state index is -0.785. The van der Waals surface area contributed by atoms with Crippen LogP contribution in [0.15, 0.2) is 85.5 Å². The predicted molar refractivity (Wildman–Crippen MR) is 166 cm³/mol. The first-order valence-corrected chi connectivity index (χ1v) is 15.8. The number of nitrogens with zero attached hydrogens (tertiary/aromatic N) is 1. The van der Waals surface area contributed by atoms with Gasteiger partial charge in [-0.05, 0) is 61.0 Å². The van der Waals surface area contributed by atoms with Crippen molar-refractivity contribution in [3.05, 3.63) is 101 Å². The number of benzene rings is 3. The second kappa shape index (κ2) is 11.2. The molecular formula is C29H21Br2N3O5S2. The molecule has 2 aliphatic rings. The fraction of sp³-hybridized carbons (Fsp3) is 0.172. The third-order valence-electron chi connectivity index (χ3n) is 6.99. The van der Waals surface area contributed by atoms with E-state index in [1.54, 1.807) is 36.4 Å². The maximum Gasteiger partial charge on any atom is 0.305 e. The number of hydrogen-bond acceptors (Lipinski definition) is 7. The molecule has 41 heavy (non-hydrogen) atoms. The molecular weight excluding hydrogens is 694 g/mol. The van der Waals surface area contributed by atoms with Crippen LogP contribution in [0.2, 0.25) is 0 Å². The van der Waals surface area contributed by atoms with Crippen molar-refractivity contribution in [2.75, 3.05) is 16.8 Å². The van der Waals surface area contributed by atoms with Crippen molar-refractivity contribution in [2.45, 2.75) is 23.1 Å². The molecule has 1 aromatic heterocycles. The number of halogens is 2. The van der Waals surface area contributed by atoms with E-state index in [2.05, 4.69) is 42.2 Å². The van der Waals surface area contributed by atoms with Crippen molar-refractivity contribution in [3.8, 4) is 5.75 Å². The van der Waals surface area contributed by atoms with E-state index in [1.165, 1.54) is 16.7 Å². The van der Waals surface area contributed by atoms with Gasteiger partial charge in [0.05, 0.1) is 16.6 Å². The van der Waals surface area contributed by atoms with Crippen molar-refractivity contribution in [1.29, 1.82) is 0 Å². The Kier molecular flexibility index (Phi) is 7.66. The van der Waals surface area contributed by atoms with E-state index in [0.717, 1.165) is 25.8 Å². The molecule has 0 saturated carbocycles. The molecule has 12 heteroatoms. The molecule has 0 aliphatic carbocycles. The van der Waals surface area contributed by atoms with E-state index < -0.39 is 17.1 Å². The van der Waals surface area contributed by atoms with Gasteiger partial charge in [-0.15, -0.1) is 0 Å². The number of thiazole rings is 1. The number of amides is 3. The lowest BCUT2D eigenvalue weighted by Crippen LogP contribution is -2.32. The molecule has 3 atom stereocenters. The molecule has 8 nitrogen and oxygen atoms in total. The number of para-hydroxylation sites is 1. The first-order valence-electron chi connectivity index (χ1n) is 12.5. The molecule has 1 saturated heterocycles. The Morgan fingerprint density at radius 2 is 1.73 bits per heavy atom. The van der Waals surface area contributed by atoms with Crippen LogP contribution < -0.4 is 19.8 Å². The maximum absolute atomic E-state index is 14.0. The molecule has 6 rings (SSSR count). The summed E-state index contributed by atoms with van der Waals surface area (Å²) >= 11 is 9.14. The second-order valence-electron chi connectivity index (χ2n) is 9.57. The molecule has 3 amide bonds. The summed E-state index contributed by atoms with van der Waals surface area (Å²) in [4.78, 5) is 57.4. The third kappa shape index (κ3) is 5.29. The van der Waals surface area contributed by atoms with E-state index in [-0.39, 0.29) is 29.2 Å². The zero-order valence-electron chi connectivity index (χ0n) is 21.4. The number of aromatic nitrogens is 1. The summed E-state index contributed by atoms with van der Waals surface area (Å²) in [7, 11) is 0. The third-order valence-corrected chi connectivity index (χ3v) is 10.4. The highest BCUT2D eigenvalue weighted by Gasteiger charge is 2.56. The minimum Gasteiger partial charge on any atom is -0.483 e. The van der Waals surface area contributed by atoms with Crippen LogP contribution in [0.1, 0.15) is 21.9 Å². The van der Waals surface area contributed by atoms with Crippen molar-refractivity contribution >= 4 is 84.1 Å². The van der Waals surface area contributed by atoms with E-state index in [1.807, 2.05) is 37.3 Å². The fourth-order valence-corrected chi connectivity index (χ4v) is 8.28. The van der Waals surface area contributed by atoms with Gasteiger partial charge in [0.2, 0.25) is 11.8 Å². The Bertz CT molecular complexity index is 1750. The summed E-state index contributed by atoms with van der Waals surface area (Å²) < 4.78 is 7.59. The monoisotopic (exact) mass is 713 g/mol. The lowest BCUT2D eigenvalue weighted by molar-refractivity contribution is -0.122. The highest BCUT2D eigenvalue weighted by atomic mass is 79.9. The van der Waals surface area contributed by atoms with Crippen LogP contribution in [-0.4, -0.2) is 34.6 Å². The second-order valence-corrected chi connectivity index (χ2v) is 13.6. The number of anilines is 2. The molecule has 2 aliphatic heterocycles. The first-order chi connectivity index (χ1) is 19.7. The normalized spacial score (nSPS) is 19.6. The standard InChI is InChI=1S/C29H21Br2N3O5S2/c1-14-4-2-3-5-19(14)32-21(35)13-39-20-11-8-16(31)12-18(20)22-23-25(40-26-24(22)41-29(38)33-26)28(37)34(27(23)36)17-9-6-15(30)7-10-17/h2-12,22-23,25H,13H2,1H3,(H,32,35)(H,33,38)/t22-,23?,25?/m1/s1. The molecule has 0 radical (unpaired) electrons. The topological polar surface area (TPSA) is 109 Å². The molecule has 1 fully saturated rings. The Morgan fingerprint density at radius 3 is 2.49 bits per heavy atom. The van der Waals surface area contributed by atoms with Crippen LogP contribution in [0, 0.1) is 12.8 Å². The van der Waals surface area contributed by atoms with Gasteiger partial charge in [-0.3, -0.25) is 19.2 Å². The maximum atomic E-state index is 14.0. The van der Waals surface area contributed by atoms with Crippen molar-refractivity contribution in [1.82, 2.24) is 4.98 Å². The quantitative estimate of drug-likeness (QED) is 0.235. The Balaban J connectivity index is 1.37. The number of imide groups is 1. The highest BCUT2D eigenvalue weighted by Crippen LogP contribution is 2.54. The molecule has 208 valence electrons. The summed E-state index contributed by atoms with van der Waals surface area (Å²) in [5.41, 5.74) is 2.70. The first kappa shape index (κ1) is 28.0. The van der Waals surface area contributed by atoms with Crippen molar-refractivity contribution in [3.63, 3.8) is 0 Å². The number of carbonyl (C=O) groups excluding carboxylic acids is 3. The van der Waals surface area contributed by atoms with E-state index >= 15 is 0 Å². The van der Waals surface area contributed by atoms with Crippen molar-refractivity contribution in [2.24, 2.45) is 5.92 Å². The minimum absolute atomic E-state index is 0.271. The average molecular weight is 715 g/mol. The van der Waals surface area contributed by atoms with Gasteiger partial charge >= 0.3 is 4.87 Å². The van der Waals surface area contributed by atoms with Gasteiger partial charge in [0.15, 0.2) is 6.61 Å². The smallest absolute Gasteiger partial charge is 0.305 e. The Labute approximate surface area is 259 Å². The summed E-state index contributed by atoms with van der Waals surface area (Å²) in [6, 6.07) is 19.8. The van der Waals surface area contributed by atoms with Crippen LogP contribution >= 0.6 is 55.0 Å². The number of aryl methyl sites for hydroxylation is 1. The van der Waals surface area contributed by atoms with Crippen LogP contribution in [0.25, 0.3) is 0 Å². The van der Waals surface area contributed by atoms with Gasteiger partial charge in [0.25, 0.3) is 5.91 Å². The summed E-state index contributed by atoms with van der Waals surface area (Å²) in [6.07, 6.45) is 0. The summed E-state index contributed by atoms with van der Waals surface area (Å²) in [5.74, 6) is -2.08. The molecule has 2 unspecified atom stereocenters. The van der Waals surface area contributed by atoms with Gasteiger partial charge in [-0.2, -0.15) is 0 Å². The van der Waals surface area contributed by atoms with Crippen molar-refractivity contribution < 1.29 is 19.1 Å². The largest absolute Gasteiger partial charge is 0.483 e. The fourth-order valence-electron chi connectivity index (χ4n) is 5.13. The van der Waals surface area contributed by atoms with Gasteiger partial charge < -0.3 is 15.0 Å². The van der Waals surface area contributed by atoms with E-state index in [4.69, 9.17) is 4.74 Å². The van der Waals surface area contributed by atoms with Gasteiger partial charge in [-0.25, -0.2) is 4.90 Å². The average Bonchev–Trinajstić information content (AvgIpc) is 3.44. The molecule has 0 spiro atoms. The zero-order valence-corrected chi connectivity index (χ0v) is 26.2. The summed E-state index contributed by atoms with van der Waals surface area (Å²) in [6.45, 7) is 1.63. The number of rotatable bonds is 6. The zero-order chi connectivity index (χ0) is 28.8. The van der Waals surface area contributed by atoms with Gasteiger partial charge in [0.1, 0.15) is 11.0 Å². The number of aromatic amines is 1. The number of H-pyrrole nitrogens is 1. The molecule has 3 aromatic carbocycles. The van der Waals surface area contributed by atoms with Crippen LogP contribution in [-0.2, 0) is 14.4 Å². The predicted octanol–water partition coefficient (Wildman–Crippen LogP) is 6.08. The number of ether oxygens (including phenoxy) is 1. The van der Waals surface area contributed by atoms with Crippen LogP contribution in [0.3, 0.4) is 0 Å². The molecule has 2 N–H and O–H groups in total. The number of thioether (sulfide) groups is 1. The Morgan fingerprint density at radius 1 is 1.00 bits per heavy atom. The van der Waals surface area contributed by atoms with Gasteiger partial charge in [0, 0.05) is 31.0 Å². The molecule has 0 bridgehead atoms. The van der Waals surface area contributed by atoms with Gasteiger partial charge in [-0.1, -0.05) is 73.2 Å². The molecule has 4 aromatic rings. The lowest BCUT2D eigenvalue weighted by atomic mass is 9.82. The number of hydrogen-bond donors (Lipinski definition) is 2. The highest BCUT2D eigenvalue weighted by molar-refractivity contribution is 9.10. The van der Waals surface area contributed by atoms with Crippen LogP contribution in [0.4, 0.5) is 11.4 Å². The number of fused-ring (bicyclic) bond motifs is 2. The molecule has 3 heterocycles. The Hall–Kier alpha value is -3.19.